The number of rotatable bonds is 3. The van der Waals surface area contributed by atoms with Crippen LogP contribution in [0.4, 0.5) is 0 Å². The van der Waals surface area contributed by atoms with E-state index in [0.717, 1.165) is 10.0 Å². The molecule has 150 valence electrons. The molecule has 2 aromatic carbocycles. The molecule has 0 spiro atoms. The Hall–Kier alpha value is -2.29. The van der Waals surface area contributed by atoms with Crippen molar-refractivity contribution in [3.05, 3.63) is 81.1 Å². The summed E-state index contributed by atoms with van der Waals surface area (Å²) in [6.45, 7) is 3.98. The Bertz CT molecular complexity index is 1220. The zero-order chi connectivity index (χ0) is 20.8. The summed E-state index contributed by atoms with van der Waals surface area (Å²) >= 11 is 3.35. The molecule has 0 radical (unpaired) electrons. The number of carbonyl (C=O) groups is 1. The number of hydrogen-bond donors (Lipinski definition) is 0. The van der Waals surface area contributed by atoms with Crippen molar-refractivity contribution in [2.45, 2.75) is 31.7 Å². The second kappa shape index (κ2) is 7.51. The number of halogens is 1. The molecule has 4 rings (SSSR count). The number of hydrogen-bond acceptors (Lipinski definition) is 4. The molecule has 0 unspecified atom stereocenters. The third-order valence-corrected chi connectivity index (χ3v) is 7.77. The van der Waals surface area contributed by atoms with E-state index in [0.29, 0.717) is 36.5 Å². The second-order valence-electron chi connectivity index (χ2n) is 7.08. The van der Waals surface area contributed by atoms with Crippen molar-refractivity contribution in [1.82, 2.24) is 14.1 Å². The molecule has 6 nitrogen and oxygen atoms in total. The van der Waals surface area contributed by atoms with Crippen molar-refractivity contribution in [3.63, 3.8) is 0 Å². The molecular formula is C21H20BrN3O3S. The summed E-state index contributed by atoms with van der Waals surface area (Å²) in [6.07, 6.45) is 0.665. The highest BCUT2D eigenvalue weighted by Crippen LogP contribution is 2.29. The number of aromatic nitrogens is 2. The summed E-state index contributed by atoms with van der Waals surface area (Å²) in [4.78, 5) is 13.0. The van der Waals surface area contributed by atoms with Crippen LogP contribution in [0.25, 0.3) is 0 Å². The van der Waals surface area contributed by atoms with Gasteiger partial charge in [0.05, 0.1) is 11.4 Å². The van der Waals surface area contributed by atoms with Gasteiger partial charge in [0.25, 0.3) is 5.91 Å². The zero-order valence-electron chi connectivity index (χ0n) is 16.1. The maximum atomic E-state index is 13.4. The first-order valence-electron chi connectivity index (χ1n) is 9.22. The fraction of sp³-hybridized carbons (Fsp3) is 0.238. The maximum Gasteiger partial charge on any atom is 0.278 e. The Balaban J connectivity index is 1.72. The lowest BCUT2D eigenvalue weighted by atomic mass is 10.0. The van der Waals surface area contributed by atoms with E-state index in [2.05, 4.69) is 21.0 Å². The van der Waals surface area contributed by atoms with Crippen LogP contribution in [0.15, 0.2) is 57.9 Å². The van der Waals surface area contributed by atoms with Gasteiger partial charge in [-0.05, 0) is 49.6 Å². The average Bonchev–Trinajstić information content (AvgIpc) is 3.01. The molecule has 8 heteroatoms. The van der Waals surface area contributed by atoms with Crippen molar-refractivity contribution in [1.29, 1.82) is 0 Å². The monoisotopic (exact) mass is 473 g/mol. The SMILES string of the molecule is Cc1nn(C(=O)c2cccc(Br)c2)c(C)c1S(=O)(=O)N1CCc2ccccc2C1. The van der Waals surface area contributed by atoms with E-state index in [1.54, 1.807) is 32.0 Å². The molecule has 0 aliphatic carbocycles. The van der Waals surface area contributed by atoms with Gasteiger partial charge in [0.15, 0.2) is 0 Å². The minimum Gasteiger partial charge on any atom is -0.267 e. The number of carbonyl (C=O) groups excluding carboxylic acids is 1. The van der Waals surface area contributed by atoms with E-state index in [9.17, 15) is 13.2 Å². The van der Waals surface area contributed by atoms with E-state index in [-0.39, 0.29) is 10.8 Å². The first-order valence-corrected chi connectivity index (χ1v) is 11.5. The van der Waals surface area contributed by atoms with Crippen molar-refractivity contribution in [2.75, 3.05) is 6.54 Å². The number of aryl methyl sites for hydroxylation is 1. The lowest BCUT2D eigenvalue weighted by molar-refractivity contribution is 0.0942. The molecule has 1 aliphatic rings. The van der Waals surface area contributed by atoms with E-state index >= 15 is 0 Å². The Morgan fingerprint density at radius 3 is 2.52 bits per heavy atom. The Kier molecular flexibility index (Phi) is 5.18. The minimum absolute atomic E-state index is 0.111. The molecule has 0 saturated carbocycles. The van der Waals surface area contributed by atoms with Crippen LogP contribution in [0.1, 0.15) is 32.9 Å². The molecule has 29 heavy (non-hydrogen) atoms. The normalized spacial score (nSPS) is 14.6. The van der Waals surface area contributed by atoms with Gasteiger partial charge in [0.1, 0.15) is 4.90 Å². The maximum absolute atomic E-state index is 13.4. The Morgan fingerprint density at radius 1 is 1.07 bits per heavy atom. The lowest BCUT2D eigenvalue weighted by Gasteiger charge is -2.28. The molecule has 0 fully saturated rings. The van der Waals surface area contributed by atoms with Crippen LogP contribution in [0.5, 0.6) is 0 Å². The largest absolute Gasteiger partial charge is 0.278 e. The van der Waals surface area contributed by atoms with Crippen molar-refractivity contribution < 1.29 is 13.2 Å². The Labute approximate surface area is 178 Å². The third-order valence-electron chi connectivity index (χ3n) is 5.18. The van der Waals surface area contributed by atoms with Gasteiger partial charge in [-0.25, -0.2) is 8.42 Å². The summed E-state index contributed by atoms with van der Waals surface area (Å²) < 4.78 is 30.3. The molecule has 0 atom stereocenters. The predicted octanol–water partition coefficient (Wildman–Crippen LogP) is 3.70. The molecular weight excluding hydrogens is 454 g/mol. The molecule has 0 N–H and O–H groups in total. The van der Waals surface area contributed by atoms with Crippen LogP contribution in [0.3, 0.4) is 0 Å². The highest BCUT2D eigenvalue weighted by Gasteiger charge is 2.34. The van der Waals surface area contributed by atoms with E-state index < -0.39 is 10.0 Å². The van der Waals surface area contributed by atoms with Gasteiger partial charge < -0.3 is 0 Å². The Morgan fingerprint density at radius 2 is 1.79 bits per heavy atom. The number of nitrogens with zero attached hydrogens (tertiary/aromatic N) is 3. The standard InChI is InChI=1S/C21H20BrN3O3S/c1-14-20(15(2)25(23-14)21(26)17-8-5-9-19(22)12-17)29(27,28)24-11-10-16-6-3-4-7-18(16)13-24/h3-9,12H,10-11,13H2,1-2H3. The van der Waals surface area contributed by atoms with Crippen LogP contribution in [0.2, 0.25) is 0 Å². The van der Waals surface area contributed by atoms with Gasteiger partial charge >= 0.3 is 0 Å². The third kappa shape index (κ3) is 3.56. The lowest BCUT2D eigenvalue weighted by Crippen LogP contribution is -2.36. The van der Waals surface area contributed by atoms with Crippen LogP contribution < -0.4 is 0 Å². The van der Waals surface area contributed by atoms with Crippen LogP contribution in [0, 0.1) is 13.8 Å². The number of fused-ring (bicyclic) bond motifs is 1. The quantitative estimate of drug-likeness (QED) is 0.581. The van der Waals surface area contributed by atoms with Gasteiger partial charge in [-0.3, -0.25) is 4.79 Å². The zero-order valence-corrected chi connectivity index (χ0v) is 18.5. The van der Waals surface area contributed by atoms with Crippen molar-refractivity contribution in [2.24, 2.45) is 0 Å². The van der Waals surface area contributed by atoms with E-state index in [1.165, 1.54) is 14.6 Å². The topological polar surface area (TPSA) is 72.3 Å². The summed E-state index contributed by atoms with van der Waals surface area (Å²) in [5.74, 6) is -0.364. The minimum atomic E-state index is -3.78. The number of benzene rings is 2. The molecule has 0 saturated heterocycles. The summed E-state index contributed by atoms with van der Waals surface area (Å²) in [5, 5.41) is 4.27. The van der Waals surface area contributed by atoms with Crippen LogP contribution >= 0.6 is 15.9 Å². The van der Waals surface area contributed by atoms with Gasteiger partial charge in [-0.15, -0.1) is 0 Å². The average molecular weight is 474 g/mol. The van der Waals surface area contributed by atoms with E-state index in [4.69, 9.17) is 0 Å². The molecule has 1 aliphatic heterocycles. The van der Waals surface area contributed by atoms with Gasteiger partial charge in [-0.2, -0.15) is 14.1 Å². The molecule has 3 aromatic rings. The van der Waals surface area contributed by atoms with E-state index in [1.807, 2.05) is 30.3 Å². The van der Waals surface area contributed by atoms with Gasteiger partial charge in [0, 0.05) is 23.1 Å². The van der Waals surface area contributed by atoms with Gasteiger partial charge in [0.2, 0.25) is 10.0 Å². The van der Waals surface area contributed by atoms with Crippen molar-refractivity contribution in [3.8, 4) is 0 Å². The van der Waals surface area contributed by atoms with Crippen molar-refractivity contribution >= 4 is 31.9 Å². The molecule has 0 amide bonds. The smallest absolute Gasteiger partial charge is 0.267 e. The second-order valence-corrected chi connectivity index (χ2v) is 9.88. The highest BCUT2D eigenvalue weighted by molar-refractivity contribution is 9.10. The first kappa shape index (κ1) is 20.0. The fourth-order valence-corrected chi connectivity index (χ4v) is 5.92. The fourth-order valence-electron chi connectivity index (χ4n) is 3.75. The molecule has 0 bridgehead atoms. The molecule has 2 heterocycles. The summed E-state index contributed by atoms with van der Waals surface area (Å²) in [5.41, 5.74) is 3.26. The molecule has 1 aromatic heterocycles. The van der Waals surface area contributed by atoms with Crippen LogP contribution in [-0.4, -0.2) is 35.0 Å². The number of sulfonamides is 1. The van der Waals surface area contributed by atoms with Gasteiger partial charge in [-0.1, -0.05) is 46.3 Å². The van der Waals surface area contributed by atoms with Crippen LogP contribution in [-0.2, 0) is 23.0 Å². The highest BCUT2D eigenvalue weighted by atomic mass is 79.9. The summed E-state index contributed by atoms with van der Waals surface area (Å²) in [7, 11) is -3.78. The predicted molar refractivity (Wildman–Crippen MR) is 113 cm³/mol. The summed E-state index contributed by atoms with van der Waals surface area (Å²) in [6, 6.07) is 14.8. The first-order chi connectivity index (χ1) is 13.8.